The average Bonchev–Trinajstić information content (AvgIpc) is 2.54. The molecule has 0 radical (unpaired) electrons. The molecule has 11 nitrogen and oxygen atoms in total. The van der Waals surface area contributed by atoms with E-state index in [1.807, 2.05) is 0 Å². The van der Waals surface area contributed by atoms with Crippen molar-refractivity contribution in [3.63, 3.8) is 0 Å². The summed E-state index contributed by atoms with van der Waals surface area (Å²) in [5.74, 6) is -1.39. The molecule has 0 unspecified atom stereocenters. The second-order valence-electron chi connectivity index (χ2n) is 5.70. The fourth-order valence-corrected chi connectivity index (χ4v) is 2.13. The third kappa shape index (κ3) is 10.5. The second-order valence-corrected chi connectivity index (χ2v) is 5.70. The Bertz CT molecular complexity index is 583. The molecule has 0 spiro atoms. The van der Waals surface area contributed by atoms with Crippen molar-refractivity contribution in [1.29, 1.82) is 0 Å². The van der Waals surface area contributed by atoms with Crippen molar-refractivity contribution < 1.29 is 43.6 Å². The number of nitrogens with two attached hydrogens (primary N) is 2. The monoisotopic (exact) mass is 388 g/mol. The number of amides is 2. The molecular formula is C16H24N2O9. The minimum atomic E-state index is -1.63. The molecule has 0 aliphatic rings. The van der Waals surface area contributed by atoms with Gasteiger partial charge in [0.25, 0.3) is 0 Å². The zero-order valence-corrected chi connectivity index (χ0v) is 14.8. The maximum Gasteiger partial charge on any atom is 0.506 e. The van der Waals surface area contributed by atoms with Gasteiger partial charge in [0, 0.05) is 25.7 Å². The van der Waals surface area contributed by atoms with Gasteiger partial charge in [0.05, 0.1) is 13.2 Å². The molecule has 0 atom stereocenters. The summed E-state index contributed by atoms with van der Waals surface area (Å²) in [6, 6.07) is 0. The van der Waals surface area contributed by atoms with Gasteiger partial charge < -0.3 is 35.9 Å². The van der Waals surface area contributed by atoms with Crippen LogP contribution in [0.2, 0.25) is 0 Å². The molecule has 0 heterocycles. The predicted molar refractivity (Wildman–Crippen MR) is 91.8 cm³/mol. The number of carboxylic acid groups (broad SMARTS) is 2. The topological polar surface area (TPSA) is 188 Å². The van der Waals surface area contributed by atoms with Crippen molar-refractivity contribution in [3.05, 3.63) is 24.3 Å². The first kappa shape index (κ1) is 23.9. The number of carbonyl (C=O) groups is 4. The van der Waals surface area contributed by atoms with E-state index in [-0.39, 0.29) is 51.1 Å². The Morgan fingerprint density at radius 2 is 1.37 bits per heavy atom. The third-order valence-electron chi connectivity index (χ3n) is 3.46. The highest BCUT2D eigenvalue weighted by Crippen LogP contribution is 2.32. The molecule has 0 aliphatic heterocycles. The number of carbonyl (C=O) groups excluding carboxylic acids is 2. The molecule has 2 amide bonds. The Morgan fingerprint density at radius 3 is 1.78 bits per heavy atom. The number of hydrogen-bond acceptors (Lipinski definition) is 7. The molecule has 0 bridgehead atoms. The van der Waals surface area contributed by atoms with Crippen LogP contribution in [0.5, 0.6) is 0 Å². The summed E-state index contributed by atoms with van der Waals surface area (Å²) in [6.45, 7) is 6.71. The number of hydrogen-bond donors (Lipinski definition) is 4. The molecule has 0 fully saturated rings. The Labute approximate surface area is 155 Å². The maximum atomic E-state index is 11.1. The summed E-state index contributed by atoms with van der Waals surface area (Å²) < 4.78 is 14.6. The molecule has 0 aromatic carbocycles. The molecule has 0 rings (SSSR count). The molecular weight excluding hydrogens is 364 g/mol. The highest BCUT2D eigenvalue weighted by Gasteiger charge is 2.38. The van der Waals surface area contributed by atoms with Crippen molar-refractivity contribution in [2.75, 3.05) is 19.8 Å². The molecule has 0 aromatic rings. The van der Waals surface area contributed by atoms with Gasteiger partial charge in [-0.1, -0.05) is 13.2 Å². The van der Waals surface area contributed by atoms with Gasteiger partial charge in [-0.05, 0) is 11.1 Å². The van der Waals surface area contributed by atoms with Gasteiger partial charge in [-0.3, -0.25) is 9.59 Å². The Hall–Kier alpha value is -3.08. The zero-order valence-electron chi connectivity index (χ0n) is 14.8. The summed E-state index contributed by atoms with van der Waals surface area (Å²) in [5, 5.41) is 17.4. The van der Waals surface area contributed by atoms with Gasteiger partial charge >= 0.3 is 12.3 Å². The lowest BCUT2D eigenvalue weighted by molar-refractivity contribution is -0.120. The van der Waals surface area contributed by atoms with Crippen molar-refractivity contribution in [3.8, 4) is 0 Å². The van der Waals surface area contributed by atoms with Crippen LogP contribution in [-0.4, -0.2) is 59.8 Å². The van der Waals surface area contributed by atoms with Crippen LogP contribution in [-0.2, 0) is 23.8 Å². The first-order valence-corrected chi connectivity index (χ1v) is 7.75. The molecule has 152 valence electrons. The van der Waals surface area contributed by atoms with E-state index >= 15 is 0 Å². The molecule has 0 saturated carbocycles. The highest BCUT2D eigenvalue weighted by molar-refractivity contribution is 5.75. The van der Waals surface area contributed by atoms with Crippen LogP contribution in [0, 0.1) is 0 Å². The fraction of sp³-hybridized carbons (Fsp3) is 0.500. The van der Waals surface area contributed by atoms with Crippen LogP contribution in [0.15, 0.2) is 24.3 Å². The third-order valence-corrected chi connectivity index (χ3v) is 3.46. The van der Waals surface area contributed by atoms with E-state index in [0.29, 0.717) is 5.57 Å². The minimum absolute atomic E-state index is 0.0961. The molecule has 11 heteroatoms. The van der Waals surface area contributed by atoms with E-state index in [1.165, 1.54) is 0 Å². The second kappa shape index (κ2) is 11.5. The van der Waals surface area contributed by atoms with Gasteiger partial charge in [-0.25, -0.2) is 9.59 Å². The first-order chi connectivity index (χ1) is 12.5. The summed E-state index contributed by atoms with van der Waals surface area (Å²) >= 11 is 0. The van der Waals surface area contributed by atoms with Crippen LogP contribution in [0.3, 0.4) is 0 Å². The Morgan fingerprint density at radius 1 is 0.852 bits per heavy atom. The number of primary amides is 2. The van der Waals surface area contributed by atoms with Gasteiger partial charge in [-0.2, -0.15) is 0 Å². The molecule has 0 aliphatic carbocycles. The average molecular weight is 388 g/mol. The van der Waals surface area contributed by atoms with E-state index in [4.69, 9.17) is 31.2 Å². The molecule has 6 N–H and O–H groups in total. The van der Waals surface area contributed by atoms with Crippen LogP contribution < -0.4 is 11.5 Å². The van der Waals surface area contributed by atoms with Crippen molar-refractivity contribution in [1.82, 2.24) is 0 Å². The summed E-state index contributed by atoms with van der Waals surface area (Å²) in [4.78, 5) is 43.7. The summed E-state index contributed by atoms with van der Waals surface area (Å²) in [7, 11) is 0. The lowest BCUT2D eigenvalue weighted by atomic mass is 9.85. The van der Waals surface area contributed by atoms with E-state index in [2.05, 4.69) is 17.9 Å². The van der Waals surface area contributed by atoms with E-state index in [1.54, 1.807) is 0 Å². The van der Waals surface area contributed by atoms with Crippen LogP contribution in [0.4, 0.5) is 9.59 Å². The van der Waals surface area contributed by atoms with E-state index in [0.717, 1.165) is 0 Å². The number of ether oxygens (including phenoxy) is 3. The van der Waals surface area contributed by atoms with Crippen LogP contribution in [0.25, 0.3) is 0 Å². The number of rotatable bonds is 14. The smallest absolute Gasteiger partial charge is 0.450 e. The van der Waals surface area contributed by atoms with Gasteiger partial charge in [0.15, 0.2) is 0 Å². The van der Waals surface area contributed by atoms with Crippen molar-refractivity contribution >= 4 is 24.1 Å². The van der Waals surface area contributed by atoms with E-state index in [9.17, 15) is 19.2 Å². The van der Waals surface area contributed by atoms with Crippen molar-refractivity contribution in [2.45, 2.75) is 31.3 Å². The lowest BCUT2D eigenvalue weighted by Crippen LogP contribution is -2.40. The summed E-state index contributed by atoms with van der Waals surface area (Å²) in [6.07, 6.45) is -3.83. The lowest BCUT2D eigenvalue weighted by Gasteiger charge is -2.34. The van der Waals surface area contributed by atoms with Crippen LogP contribution in [0.1, 0.15) is 25.7 Å². The quantitative estimate of drug-likeness (QED) is 0.246. The predicted octanol–water partition coefficient (Wildman–Crippen LogP) is 0.774. The molecule has 0 aromatic heterocycles. The fourth-order valence-electron chi connectivity index (χ4n) is 2.13. The van der Waals surface area contributed by atoms with Gasteiger partial charge in [0.1, 0.15) is 12.2 Å². The first-order valence-electron chi connectivity index (χ1n) is 7.75. The molecule has 27 heavy (non-hydrogen) atoms. The highest BCUT2D eigenvalue weighted by atomic mass is 16.7. The molecule has 0 saturated heterocycles. The Balaban J connectivity index is 5.07. The Kier molecular flexibility index (Phi) is 10.2. The normalized spacial score (nSPS) is 10.7. The SMILES string of the molecule is C=C(COCC(=C)C(CCC(N)=O)(CCC(N)=O)OC(=O)O)COC(=O)O. The largest absolute Gasteiger partial charge is 0.506 e. The zero-order chi connectivity index (χ0) is 21.0. The van der Waals surface area contributed by atoms with E-state index < -0.39 is 29.7 Å². The maximum absolute atomic E-state index is 11.1. The minimum Gasteiger partial charge on any atom is -0.450 e. The van der Waals surface area contributed by atoms with Crippen molar-refractivity contribution in [2.24, 2.45) is 11.5 Å². The summed E-state index contributed by atoms with van der Waals surface area (Å²) in [5.41, 5.74) is 9.08. The van der Waals surface area contributed by atoms with Crippen LogP contribution >= 0.6 is 0 Å². The van der Waals surface area contributed by atoms with Gasteiger partial charge in [0.2, 0.25) is 11.8 Å². The standard InChI is InChI=1S/C16H24N2O9/c1-10(8-26-14(21)22)7-25-9-11(2)16(27-15(23)24,5-3-12(17)19)6-4-13(18)20/h1-9H2,(H2,17,19)(H2,18,20)(H,21,22)(H,23,24). The van der Waals surface area contributed by atoms with Gasteiger partial charge in [-0.15, -0.1) is 0 Å².